The van der Waals surface area contributed by atoms with Crippen LogP contribution in [0.4, 0.5) is 0 Å². The molecule has 17 heavy (non-hydrogen) atoms. The molecule has 2 aliphatic carbocycles. The van der Waals surface area contributed by atoms with Gasteiger partial charge < -0.3 is 5.11 Å². The second kappa shape index (κ2) is 3.71. The summed E-state index contributed by atoms with van der Waals surface area (Å²) < 4.78 is 0. The number of aliphatic hydroxyl groups is 1. The number of fused-ring (bicyclic) bond motifs is 3. The summed E-state index contributed by atoms with van der Waals surface area (Å²) in [5.41, 5.74) is 1.85. The summed E-state index contributed by atoms with van der Waals surface area (Å²) in [6.07, 6.45) is 5.27. The van der Waals surface area contributed by atoms with Gasteiger partial charge in [0.2, 0.25) is 0 Å². The number of allylic oxidation sites excluding steroid dienone is 1. The van der Waals surface area contributed by atoms with Crippen molar-refractivity contribution in [2.75, 3.05) is 0 Å². The highest BCUT2D eigenvalue weighted by molar-refractivity contribution is 5.44. The molecule has 0 heterocycles. The van der Waals surface area contributed by atoms with Crippen LogP contribution in [0.2, 0.25) is 0 Å². The maximum atomic E-state index is 11.1. The maximum Gasteiger partial charge on any atom is 0.0938 e. The topological polar surface area (TPSA) is 20.2 Å². The van der Waals surface area contributed by atoms with Gasteiger partial charge >= 0.3 is 0 Å². The van der Waals surface area contributed by atoms with Crippen molar-refractivity contribution in [2.24, 2.45) is 11.8 Å². The molecule has 1 heteroatoms. The van der Waals surface area contributed by atoms with Crippen molar-refractivity contribution >= 4 is 0 Å². The molecule has 0 radical (unpaired) electrons. The number of benzene rings is 1. The highest BCUT2D eigenvalue weighted by atomic mass is 16.3. The van der Waals surface area contributed by atoms with Gasteiger partial charge in [-0.25, -0.2) is 0 Å². The van der Waals surface area contributed by atoms with E-state index in [1.165, 1.54) is 12.0 Å². The van der Waals surface area contributed by atoms with E-state index >= 15 is 0 Å². The minimum Gasteiger partial charge on any atom is -0.385 e. The van der Waals surface area contributed by atoms with Gasteiger partial charge in [0.05, 0.1) is 5.60 Å². The summed E-state index contributed by atoms with van der Waals surface area (Å²) in [5.74, 6) is 1.30. The van der Waals surface area contributed by atoms with Gasteiger partial charge in [0, 0.05) is 11.8 Å². The molecule has 1 nitrogen and oxygen atoms in total. The van der Waals surface area contributed by atoms with Gasteiger partial charge in [0.15, 0.2) is 0 Å². The molecule has 0 saturated heterocycles. The predicted octanol–water partition coefficient (Wildman–Crippen LogP) is 3.59. The summed E-state index contributed by atoms with van der Waals surface area (Å²) in [6, 6.07) is 8.37. The van der Waals surface area contributed by atoms with E-state index in [-0.39, 0.29) is 0 Å². The second-order valence-electron chi connectivity index (χ2n) is 5.77. The fourth-order valence-electron chi connectivity index (χ4n) is 3.96. The Balaban J connectivity index is 2.14. The van der Waals surface area contributed by atoms with Gasteiger partial charge in [0.1, 0.15) is 0 Å². The summed E-state index contributed by atoms with van der Waals surface area (Å²) in [5, 5.41) is 11.1. The SMILES string of the molecule is C=C[C@@H]1c2ccccc2[C@@]2(O)C[C@@H](C)CC[C@@H]12. The van der Waals surface area contributed by atoms with Gasteiger partial charge in [-0.3, -0.25) is 0 Å². The van der Waals surface area contributed by atoms with Crippen molar-refractivity contribution in [1.29, 1.82) is 0 Å². The van der Waals surface area contributed by atoms with Crippen LogP contribution >= 0.6 is 0 Å². The molecule has 1 aromatic rings. The molecule has 0 spiro atoms. The average Bonchev–Trinajstić information content (AvgIpc) is 2.57. The molecule has 0 amide bonds. The van der Waals surface area contributed by atoms with Gasteiger partial charge in [-0.15, -0.1) is 6.58 Å². The first-order valence-corrected chi connectivity index (χ1v) is 6.61. The van der Waals surface area contributed by atoms with Crippen LogP contribution in [0.5, 0.6) is 0 Å². The molecule has 0 aliphatic heterocycles. The van der Waals surface area contributed by atoms with E-state index in [9.17, 15) is 5.11 Å². The van der Waals surface area contributed by atoms with Gasteiger partial charge in [-0.05, 0) is 29.9 Å². The van der Waals surface area contributed by atoms with Crippen molar-refractivity contribution in [2.45, 2.75) is 37.7 Å². The lowest BCUT2D eigenvalue weighted by Gasteiger charge is -2.40. The number of rotatable bonds is 1. The van der Waals surface area contributed by atoms with E-state index in [0.717, 1.165) is 18.4 Å². The monoisotopic (exact) mass is 228 g/mol. The van der Waals surface area contributed by atoms with Gasteiger partial charge in [-0.2, -0.15) is 0 Å². The van der Waals surface area contributed by atoms with E-state index < -0.39 is 5.60 Å². The third-order valence-electron chi connectivity index (χ3n) is 4.72. The van der Waals surface area contributed by atoms with E-state index in [0.29, 0.717) is 17.8 Å². The van der Waals surface area contributed by atoms with Gasteiger partial charge in [0.25, 0.3) is 0 Å². The van der Waals surface area contributed by atoms with Crippen LogP contribution in [-0.2, 0) is 5.60 Å². The molecule has 4 atom stereocenters. The Hall–Kier alpha value is -1.08. The standard InChI is InChI=1S/C16H20O/c1-3-12-13-6-4-5-7-14(13)16(17)10-11(2)8-9-15(12)16/h3-7,11-12,15,17H,1,8-10H2,2H3/t11-,12+,15-,16-/m0/s1. The Labute approximate surface area is 103 Å². The first-order valence-electron chi connectivity index (χ1n) is 6.61. The first-order chi connectivity index (χ1) is 8.16. The third-order valence-corrected chi connectivity index (χ3v) is 4.72. The lowest BCUT2D eigenvalue weighted by molar-refractivity contribution is -0.0615. The summed E-state index contributed by atoms with van der Waals surface area (Å²) in [6.45, 7) is 6.22. The van der Waals surface area contributed by atoms with Crippen molar-refractivity contribution in [1.82, 2.24) is 0 Å². The van der Waals surface area contributed by atoms with E-state index in [1.807, 2.05) is 12.1 Å². The molecular formula is C16H20O. The summed E-state index contributed by atoms with van der Waals surface area (Å²) in [4.78, 5) is 0. The van der Waals surface area contributed by atoms with Crippen molar-refractivity contribution in [3.63, 3.8) is 0 Å². The van der Waals surface area contributed by atoms with Crippen LogP contribution in [0.25, 0.3) is 0 Å². The fourth-order valence-corrected chi connectivity index (χ4v) is 3.96. The highest BCUT2D eigenvalue weighted by Gasteiger charge is 2.52. The minimum atomic E-state index is -0.604. The smallest absolute Gasteiger partial charge is 0.0938 e. The molecule has 1 saturated carbocycles. The Morgan fingerprint density at radius 2 is 2.12 bits per heavy atom. The molecule has 1 fully saturated rings. The zero-order chi connectivity index (χ0) is 12.0. The van der Waals surface area contributed by atoms with Crippen LogP contribution in [0.15, 0.2) is 36.9 Å². The zero-order valence-corrected chi connectivity index (χ0v) is 10.4. The van der Waals surface area contributed by atoms with Crippen LogP contribution in [0, 0.1) is 11.8 Å². The van der Waals surface area contributed by atoms with Crippen molar-refractivity contribution in [3.05, 3.63) is 48.0 Å². The van der Waals surface area contributed by atoms with Crippen LogP contribution in [0.1, 0.15) is 43.2 Å². The molecule has 0 aromatic heterocycles. The van der Waals surface area contributed by atoms with Crippen molar-refractivity contribution < 1.29 is 5.11 Å². The number of hydrogen-bond donors (Lipinski definition) is 1. The lowest BCUT2D eigenvalue weighted by Crippen LogP contribution is -2.38. The third kappa shape index (κ3) is 1.42. The Morgan fingerprint density at radius 3 is 2.88 bits per heavy atom. The molecule has 0 unspecified atom stereocenters. The van der Waals surface area contributed by atoms with Crippen LogP contribution in [0.3, 0.4) is 0 Å². The summed E-state index contributed by atoms with van der Waals surface area (Å²) >= 11 is 0. The van der Waals surface area contributed by atoms with Crippen LogP contribution < -0.4 is 0 Å². The van der Waals surface area contributed by atoms with E-state index in [2.05, 4.69) is 31.7 Å². The second-order valence-corrected chi connectivity index (χ2v) is 5.77. The number of hydrogen-bond acceptors (Lipinski definition) is 1. The average molecular weight is 228 g/mol. The predicted molar refractivity (Wildman–Crippen MR) is 69.8 cm³/mol. The largest absolute Gasteiger partial charge is 0.385 e. The maximum absolute atomic E-state index is 11.1. The molecule has 2 aliphatic rings. The van der Waals surface area contributed by atoms with E-state index in [1.54, 1.807) is 0 Å². The zero-order valence-electron chi connectivity index (χ0n) is 10.4. The van der Waals surface area contributed by atoms with Gasteiger partial charge in [-0.1, -0.05) is 43.7 Å². The van der Waals surface area contributed by atoms with Crippen LogP contribution in [-0.4, -0.2) is 5.11 Å². The quantitative estimate of drug-likeness (QED) is 0.728. The Kier molecular flexibility index (Phi) is 2.41. The lowest BCUT2D eigenvalue weighted by atomic mass is 9.69. The fraction of sp³-hybridized carbons (Fsp3) is 0.500. The molecular weight excluding hydrogens is 208 g/mol. The first kappa shape index (κ1) is 11.0. The van der Waals surface area contributed by atoms with Crippen molar-refractivity contribution in [3.8, 4) is 0 Å². The normalized spacial score (nSPS) is 39.5. The molecule has 1 aromatic carbocycles. The molecule has 3 rings (SSSR count). The summed E-state index contributed by atoms with van der Waals surface area (Å²) in [7, 11) is 0. The molecule has 0 bridgehead atoms. The van der Waals surface area contributed by atoms with E-state index in [4.69, 9.17) is 0 Å². The molecule has 90 valence electrons. The Morgan fingerprint density at radius 1 is 1.35 bits per heavy atom. The molecule has 1 N–H and O–H groups in total. The Bertz CT molecular complexity index is 451. The minimum absolute atomic E-state index is 0.337. The highest BCUT2D eigenvalue weighted by Crippen LogP contribution is 2.57.